The molecule has 136 valence electrons. The van der Waals surface area contributed by atoms with Crippen molar-refractivity contribution in [3.05, 3.63) is 72.3 Å². The van der Waals surface area contributed by atoms with Crippen LogP contribution in [-0.2, 0) is 13.1 Å². The summed E-state index contributed by atoms with van der Waals surface area (Å²) in [6, 6.07) is 10.2. The van der Waals surface area contributed by atoms with E-state index in [4.69, 9.17) is 10.7 Å². The molecule has 0 spiro atoms. The van der Waals surface area contributed by atoms with Crippen molar-refractivity contribution >= 4 is 16.5 Å². The number of thiazole rings is 1. The summed E-state index contributed by atoms with van der Waals surface area (Å²) < 4.78 is 4.00. The number of benzene rings is 1. The minimum Gasteiger partial charge on any atom is -0.375 e. The molecule has 0 aliphatic rings. The molecule has 0 unspecified atom stereocenters. The van der Waals surface area contributed by atoms with E-state index in [1.54, 1.807) is 0 Å². The normalized spacial score (nSPS) is 11.0. The number of nitrogens with two attached hydrogens (primary N) is 1. The maximum atomic E-state index is 5.80. The smallest absolute Gasteiger partial charge is 0.180 e. The number of hydrogen-bond acceptors (Lipinski definition) is 5. The summed E-state index contributed by atoms with van der Waals surface area (Å²) in [5, 5.41) is 7.17. The number of aromatic nitrogens is 5. The highest BCUT2D eigenvalue weighted by atomic mass is 32.1. The Balaban J connectivity index is 1.85. The number of aryl methyl sites for hydroxylation is 1. The van der Waals surface area contributed by atoms with Crippen molar-refractivity contribution in [3.63, 3.8) is 0 Å². The quantitative estimate of drug-likeness (QED) is 0.516. The van der Waals surface area contributed by atoms with Crippen LogP contribution in [0.25, 0.3) is 22.5 Å². The summed E-state index contributed by atoms with van der Waals surface area (Å²) >= 11 is 1.45. The maximum Gasteiger partial charge on any atom is 0.180 e. The third kappa shape index (κ3) is 3.41. The van der Waals surface area contributed by atoms with Crippen LogP contribution < -0.4 is 5.73 Å². The van der Waals surface area contributed by atoms with Crippen LogP contribution in [0.2, 0.25) is 0 Å². The molecule has 4 aromatic rings. The van der Waals surface area contributed by atoms with E-state index in [0.717, 1.165) is 33.9 Å². The number of hydrogen-bond donors (Lipinski definition) is 1. The molecule has 0 aliphatic carbocycles. The van der Waals surface area contributed by atoms with Crippen LogP contribution in [0.4, 0.5) is 5.13 Å². The molecule has 0 saturated carbocycles. The second-order valence-corrected chi connectivity index (χ2v) is 7.14. The van der Waals surface area contributed by atoms with Gasteiger partial charge >= 0.3 is 0 Å². The molecule has 7 heteroatoms. The lowest BCUT2D eigenvalue weighted by molar-refractivity contribution is 0.694. The Morgan fingerprint density at radius 1 is 1.26 bits per heavy atom. The predicted molar refractivity (Wildman–Crippen MR) is 109 cm³/mol. The average molecular weight is 376 g/mol. The number of imidazole rings is 1. The minimum absolute atomic E-state index is 0.574. The van der Waals surface area contributed by atoms with Crippen LogP contribution >= 0.6 is 11.3 Å². The average Bonchev–Trinajstić information content (AvgIpc) is 3.35. The van der Waals surface area contributed by atoms with E-state index in [1.807, 2.05) is 53.8 Å². The van der Waals surface area contributed by atoms with Gasteiger partial charge in [-0.15, -0.1) is 17.9 Å². The highest BCUT2D eigenvalue weighted by molar-refractivity contribution is 7.13. The fraction of sp³-hybridized carbons (Fsp3) is 0.150. The van der Waals surface area contributed by atoms with Crippen molar-refractivity contribution in [2.24, 2.45) is 0 Å². The van der Waals surface area contributed by atoms with E-state index in [9.17, 15) is 0 Å². The zero-order chi connectivity index (χ0) is 18.8. The Morgan fingerprint density at radius 3 is 2.78 bits per heavy atom. The molecule has 27 heavy (non-hydrogen) atoms. The molecule has 0 atom stereocenters. The highest BCUT2D eigenvalue weighted by Crippen LogP contribution is 2.33. The van der Waals surface area contributed by atoms with E-state index in [2.05, 4.69) is 33.4 Å². The SMILES string of the molecule is C=CCn1cc(-c2c(-c3ccccc3)ncn2Cc2csc(N)n2)c(C)n1. The largest absolute Gasteiger partial charge is 0.375 e. The number of rotatable bonds is 6. The molecule has 3 aromatic heterocycles. The Kier molecular flexibility index (Phi) is 4.60. The molecule has 0 saturated heterocycles. The Labute approximate surface area is 161 Å². The van der Waals surface area contributed by atoms with Gasteiger partial charge in [-0.1, -0.05) is 36.4 Å². The van der Waals surface area contributed by atoms with Gasteiger partial charge in [0.2, 0.25) is 0 Å². The van der Waals surface area contributed by atoms with Crippen molar-refractivity contribution in [1.82, 2.24) is 24.3 Å². The van der Waals surface area contributed by atoms with Gasteiger partial charge in [0.15, 0.2) is 5.13 Å². The van der Waals surface area contributed by atoms with E-state index in [0.29, 0.717) is 18.2 Å². The minimum atomic E-state index is 0.574. The van der Waals surface area contributed by atoms with Crippen LogP contribution in [0.3, 0.4) is 0 Å². The van der Waals surface area contributed by atoms with Gasteiger partial charge in [0.25, 0.3) is 0 Å². The maximum absolute atomic E-state index is 5.80. The van der Waals surface area contributed by atoms with E-state index >= 15 is 0 Å². The summed E-state index contributed by atoms with van der Waals surface area (Å²) in [5.74, 6) is 0. The van der Waals surface area contributed by atoms with Crippen molar-refractivity contribution in [1.29, 1.82) is 0 Å². The van der Waals surface area contributed by atoms with Crippen molar-refractivity contribution < 1.29 is 0 Å². The number of nitrogen functional groups attached to an aromatic ring is 1. The van der Waals surface area contributed by atoms with Crippen LogP contribution in [-0.4, -0.2) is 24.3 Å². The van der Waals surface area contributed by atoms with Crippen LogP contribution in [0.15, 0.2) is 60.9 Å². The first-order valence-electron chi connectivity index (χ1n) is 8.61. The zero-order valence-electron chi connectivity index (χ0n) is 15.0. The summed E-state index contributed by atoms with van der Waals surface area (Å²) in [7, 11) is 0. The van der Waals surface area contributed by atoms with E-state index < -0.39 is 0 Å². The Morgan fingerprint density at radius 2 is 2.07 bits per heavy atom. The first-order chi connectivity index (χ1) is 13.2. The van der Waals surface area contributed by atoms with Gasteiger partial charge in [-0.2, -0.15) is 5.10 Å². The summed E-state index contributed by atoms with van der Waals surface area (Å²) in [5.41, 5.74) is 11.8. The molecule has 4 rings (SSSR count). The second kappa shape index (κ2) is 7.20. The molecule has 0 bridgehead atoms. The fourth-order valence-corrected chi connectivity index (χ4v) is 3.69. The first-order valence-corrected chi connectivity index (χ1v) is 9.49. The topological polar surface area (TPSA) is 74.5 Å². The Hall–Kier alpha value is -3.19. The molecule has 0 aliphatic heterocycles. The fourth-order valence-electron chi connectivity index (χ4n) is 3.14. The molecule has 1 aromatic carbocycles. The van der Waals surface area contributed by atoms with Gasteiger partial charge < -0.3 is 10.3 Å². The van der Waals surface area contributed by atoms with Gasteiger partial charge in [0, 0.05) is 22.7 Å². The number of anilines is 1. The number of allylic oxidation sites excluding steroid dienone is 1. The van der Waals surface area contributed by atoms with Gasteiger partial charge in [-0.25, -0.2) is 9.97 Å². The van der Waals surface area contributed by atoms with Crippen molar-refractivity contribution in [3.8, 4) is 22.5 Å². The van der Waals surface area contributed by atoms with Crippen LogP contribution in [0.5, 0.6) is 0 Å². The van der Waals surface area contributed by atoms with Gasteiger partial charge in [-0.05, 0) is 6.92 Å². The monoisotopic (exact) mass is 376 g/mol. The lowest BCUT2D eigenvalue weighted by Crippen LogP contribution is -2.02. The standard InChI is InChI=1S/C20H20N6S/c1-3-9-26-11-17(14(2)24-26)19-18(15-7-5-4-6-8-15)22-13-25(19)10-16-12-27-20(21)23-16/h3-8,11-13H,1,9-10H2,2H3,(H2,21,23). The summed E-state index contributed by atoms with van der Waals surface area (Å²) in [6.07, 6.45) is 5.74. The first kappa shape index (κ1) is 17.2. The molecule has 0 fully saturated rings. The zero-order valence-corrected chi connectivity index (χ0v) is 15.9. The van der Waals surface area contributed by atoms with Gasteiger partial charge in [0.05, 0.1) is 42.2 Å². The van der Waals surface area contributed by atoms with Crippen molar-refractivity contribution in [2.75, 3.05) is 5.73 Å². The summed E-state index contributed by atoms with van der Waals surface area (Å²) in [4.78, 5) is 9.11. The predicted octanol–water partition coefficient (Wildman–Crippen LogP) is 4.00. The molecule has 6 nitrogen and oxygen atoms in total. The third-order valence-electron chi connectivity index (χ3n) is 4.30. The van der Waals surface area contributed by atoms with Gasteiger partial charge in [-0.3, -0.25) is 4.68 Å². The van der Waals surface area contributed by atoms with E-state index in [1.165, 1.54) is 11.3 Å². The number of nitrogens with zero attached hydrogens (tertiary/aromatic N) is 5. The summed E-state index contributed by atoms with van der Waals surface area (Å²) in [6.45, 7) is 7.09. The lowest BCUT2D eigenvalue weighted by Gasteiger charge is -2.09. The molecule has 3 heterocycles. The third-order valence-corrected chi connectivity index (χ3v) is 5.03. The molecular weight excluding hydrogens is 356 g/mol. The molecular formula is C20H20N6S. The lowest BCUT2D eigenvalue weighted by atomic mass is 10.1. The molecule has 0 amide bonds. The molecule has 2 N–H and O–H groups in total. The van der Waals surface area contributed by atoms with Crippen LogP contribution in [0.1, 0.15) is 11.4 Å². The van der Waals surface area contributed by atoms with E-state index in [-0.39, 0.29) is 0 Å². The molecule has 0 radical (unpaired) electrons. The second-order valence-electron chi connectivity index (χ2n) is 6.25. The van der Waals surface area contributed by atoms with Gasteiger partial charge in [0.1, 0.15) is 0 Å². The van der Waals surface area contributed by atoms with Crippen LogP contribution in [0, 0.1) is 6.92 Å². The highest BCUT2D eigenvalue weighted by Gasteiger charge is 2.19. The Bertz CT molecular complexity index is 1070. The van der Waals surface area contributed by atoms with Crippen molar-refractivity contribution in [2.45, 2.75) is 20.0 Å².